The number of rotatable bonds is 7. The van der Waals surface area contributed by atoms with E-state index in [4.69, 9.17) is 21.1 Å². The average molecular weight is 488 g/mol. The highest BCUT2D eigenvalue weighted by Gasteiger charge is 2.33. The number of amides is 2. The van der Waals surface area contributed by atoms with Gasteiger partial charge >= 0.3 is 0 Å². The maximum Gasteiger partial charge on any atom is 0.257 e. The molecular weight excluding hydrogens is 462 g/mol. The summed E-state index contributed by atoms with van der Waals surface area (Å²) in [7, 11) is 3.15. The predicted octanol–water partition coefficient (Wildman–Crippen LogP) is 4.49. The van der Waals surface area contributed by atoms with Gasteiger partial charge in [-0.3, -0.25) is 14.5 Å². The molecule has 2 amide bonds. The molecule has 1 aliphatic heterocycles. The molecule has 3 aromatic rings. The number of ether oxygens (including phenoxy) is 2. The van der Waals surface area contributed by atoms with Gasteiger partial charge in [0.25, 0.3) is 5.91 Å². The van der Waals surface area contributed by atoms with Gasteiger partial charge in [0.15, 0.2) is 5.13 Å². The molecule has 0 spiro atoms. The van der Waals surface area contributed by atoms with E-state index in [2.05, 4.69) is 4.98 Å². The molecule has 1 aromatic heterocycles. The fourth-order valence-corrected chi connectivity index (χ4v) is 5.19. The molecule has 4 rings (SSSR count). The lowest BCUT2D eigenvalue weighted by Gasteiger charge is -2.33. The Labute approximate surface area is 201 Å². The molecule has 1 aliphatic rings. The van der Waals surface area contributed by atoms with Crippen molar-refractivity contribution in [2.45, 2.75) is 12.8 Å². The summed E-state index contributed by atoms with van der Waals surface area (Å²) in [5.41, 5.74) is 1.31. The van der Waals surface area contributed by atoms with E-state index in [1.165, 1.54) is 18.4 Å². The molecule has 0 N–H and O–H groups in total. The highest BCUT2D eigenvalue weighted by molar-refractivity contribution is 7.22. The highest BCUT2D eigenvalue weighted by atomic mass is 35.5. The number of piperidine rings is 1. The molecule has 0 radical (unpaired) electrons. The number of carbonyl (C=O) groups excluding carboxylic acids is 2. The number of hydrogen-bond acceptors (Lipinski definition) is 6. The number of aromatic nitrogens is 1. The lowest BCUT2D eigenvalue weighted by molar-refractivity contribution is -0.123. The van der Waals surface area contributed by atoms with Gasteiger partial charge in [0.05, 0.1) is 36.0 Å². The lowest BCUT2D eigenvalue weighted by Crippen LogP contribution is -2.45. The number of likely N-dealkylation sites (tertiary alicyclic amines) is 1. The first kappa shape index (κ1) is 23.5. The quantitative estimate of drug-likeness (QED) is 0.491. The number of benzene rings is 2. The van der Waals surface area contributed by atoms with Crippen LogP contribution in [0.25, 0.3) is 10.2 Å². The van der Waals surface area contributed by atoms with E-state index in [-0.39, 0.29) is 17.7 Å². The molecule has 7 nitrogen and oxygen atoms in total. The third-order valence-corrected chi connectivity index (χ3v) is 7.12. The van der Waals surface area contributed by atoms with Crippen LogP contribution in [0, 0.1) is 5.92 Å². The van der Waals surface area contributed by atoms with Crippen LogP contribution in [0.15, 0.2) is 42.5 Å². The topological polar surface area (TPSA) is 72.0 Å². The smallest absolute Gasteiger partial charge is 0.257 e. The van der Waals surface area contributed by atoms with Gasteiger partial charge < -0.3 is 14.4 Å². The number of anilines is 1. The van der Waals surface area contributed by atoms with E-state index in [1.807, 2.05) is 24.3 Å². The van der Waals surface area contributed by atoms with Gasteiger partial charge in [0.2, 0.25) is 5.91 Å². The summed E-state index contributed by atoms with van der Waals surface area (Å²) in [6.45, 7) is 1.84. The molecule has 0 bridgehead atoms. The van der Waals surface area contributed by atoms with Gasteiger partial charge in [0, 0.05) is 31.1 Å². The maximum absolute atomic E-state index is 13.5. The van der Waals surface area contributed by atoms with Gasteiger partial charge in [-0.15, -0.1) is 0 Å². The van der Waals surface area contributed by atoms with E-state index >= 15 is 0 Å². The fourth-order valence-electron chi connectivity index (χ4n) is 4.03. The van der Waals surface area contributed by atoms with E-state index < -0.39 is 0 Å². The molecule has 2 heterocycles. The molecule has 1 saturated heterocycles. The largest absolute Gasteiger partial charge is 0.496 e. The molecule has 0 atom stereocenters. The van der Waals surface area contributed by atoms with E-state index in [1.54, 1.807) is 35.1 Å². The summed E-state index contributed by atoms with van der Waals surface area (Å²) in [5, 5.41) is 1.16. The number of hydrogen-bond donors (Lipinski definition) is 0. The van der Waals surface area contributed by atoms with E-state index in [0.717, 1.165) is 10.2 Å². The van der Waals surface area contributed by atoms with Crippen molar-refractivity contribution >= 4 is 50.1 Å². The third-order valence-electron chi connectivity index (χ3n) is 5.82. The molecule has 0 saturated carbocycles. The van der Waals surface area contributed by atoms with Crippen LogP contribution >= 0.6 is 22.9 Å². The van der Waals surface area contributed by atoms with Crippen LogP contribution in [-0.4, -0.2) is 62.2 Å². The van der Waals surface area contributed by atoms with Crippen molar-refractivity contribution in [2.75, 3.05) is 45.4 Å². The van der Waals surface area contributed by atoms with Gasteiger partial charge in [0.1, 0.15) is 5.75 Å². The molecule has 0 unspecified atom stereocenters. The van der Waals surface area contributed by atoms with Crippen molar-refractivity contribution in [1.82, 2.24) is 9.88 Å². The molecular formula is C24H26ClN3O4S. The van der Waals surface area contributed by atoms with Gasteiger partial charge in [-0.2, -0.15) is 0 Å². The SMILES string of the molecule is COCCN(C(=O)C1CCN(C(=O)c2cc(Cl)ccc2OC)CC1)c1nc2ccccc2s1. The zero-order valence-electron chi connectivity index (χ0n) is 18.6. The van der Waals surface area contributed by atoms with Crippen LogP contribution in [0.3, 0.4) is 0 Å². The summed E-state index contributed by atoms with van der Waals surface area (Å²) in [6.07, 6.45) is 1.17. The normalized spacial score (nSPS) is 14.5. The molecule has 0 aliphatic carbocycles. The summed E-state index contributed by atoms with van der Waals surface area (Å²) in [5.74, 6) is 0.199. The number of thiazole rings is 1. The van der Waals surface area contributed by atoms with Crippen LogP contribution < -0.4 is 9.64 Å². The standard InChI is InChI=1S/C24H26ClN3O4S/c1-31-14-13-28(24-26-19-5-3-4-6-21(19)33-24)22(29)16-9-11-27(12-10-16)23(30)18-15-17(25)7-8-20(18)32-2/h3-8,15-16H,9-14H2,1-2H3. The lowest BCUT2D eigenvalue weighted by atomic mass is 9.94. The summed E-state index contributed by atoms with van der Waals surface area (Å²) < 4.78 is 11.6. The average Bonchev–Trinajstić information content (AvgIpc) is 3.27. The second kappa shape index (κ2) is 10.5. The fraction of sp³-hybridized carbons (Fsp3) is 0.375. The summed E-state index contributed by atoms with van der Waals surface area (Å²) in [6, 6.07) is 12.9. The first-order chi connectivity index (χ1) is 16.0. The van der Waals surface area contributed by atoms with Crippen LogP contribution in [0.2, 0.25) is 5.02 Å². The minimum absolute atomic E-state index is 0.0264. The Morgan fingerprint density at radius 1 is 1.18 bits per heavy atom. The van der Waals surface area contributed by atoms with E-state index in [9.17, 15) is 9.59 Å². The monoisotopic (exact) mass is 487 g/mol. The van der Waals surface area contributed by atoms with Crippen molar-refractivity contribution in [1.29, 1.82) is 0 Å². The summed E-state index contributed by atoms with van der Waals surface area (Å²) in [4.78, 5) is 34.7. The number of methoxy groups -OCH3 is 2. The minimum Gasteiger partial charge on any atom is -0.496 e. The maximum atomic E-state index is 13.5. The Balaban J connectivity index is 1.46. The van der Waals surface area contributed by atoms with Crippen molar-refractivity contribution in [3.05, 3.63) is 53.1 Å². The molecule has 9 heteroatoms. The van der Waals surface area contributed by atoms with Crippen LogP contribution in [0.5, 0.6) is 5.75 Å². The second-order valence-corrected chi connectivity index (χ2v) is 9.30. The number of fused-ring (bicyclic) bond motifs is 1. The van der Waals surface area contributed by atoms with Crippen LogP contribution in [0.4, 0.5) is 5.13 Å². The van der Waals surface area contributed by atoms with Gasteiger partial charge in [-0.25, -0.2) is 4.98 Å². The molecule has 33 heavy (non-hydrogen) atoms. The molecule has 2 aromatic carbocycles. The Kier molecular flexibility index (Phi) is 7.47. The summed E-state index contributed by atoms with van der Waals surface area (Å²) >= 11 is 7.60. The Morgan fingerprint density at radius 2 is 1.94 bits per heavy atom. The Hall–Kier alpha value is -2.68. The van der Waals surface area contributed by atoms with Crippen molar-refractivity contribution in [2.24, 2.45) is 5.92 Å². The minimum atomic E-state index is -0.181. The van der Waals surface area contributed by atoms with Crippen molar-refractivity contribution in [3.63, 3.8) is 0 Å². The highest BCUT2D eigenvalue weighted by Crippen LogP contribution is 2.32. The second-order valence-electron chi connectivity index (χ2n) is 7.86. The number of halogens is 1. The first-order valence-electron chi connectivity index (χ1n) is 10.8. The number of carbonyl (C=O) groups is 2. The third kappa shape index (κ3) is 5.13. The van der Waals surface area contributed by atoms with Gasteiger partial charge in [-0.1, -0.05) is 35.1 Å². The Bertz CT molecular complexity index is 1110. The predicted molar refractivity (Wildman–Crippen MR) is 130 cm³/mol. The van der Waals surface area contributed by atoms with Crippen LogP contribution in [-0.2, 0) is 9.53 Å². The number of nitrogens with zero attached hydrogens (tertiary/aromatic N) is 3. The zero-order valence-corrected chi connectivity index (χ0v) is 20.2. The molecule has 174 valence electrons. The molecule has 1 fully saturated rings. The van der Waals surface area contributed by atoms with Crippen molar-refractivity contribution in [3.8, 4) is 5.75 Å². The Morgan fingerprint density at radius 3 is 2.64 bits per heavy atom. The van der Waals surface area contributed by atoms with Crippen molar-refractivity contribution < 1.29 is 19.1 Å². The zero-order chi connectivity index (χ0) is 23.4. The number of para-hydroxylation sites is 1. The van der Waals surface area contributed by atoms with E-state index in [0.29, 0.717) is 60.5 Å². The first-order valence-corrected chi connectivity index (χ1v) is 12.0. The van der Waals surface area contributed by atoms with Gasteiger partial charge in [-0.05, 0) is 43.2 Å². The van der Waals surface area contributed by atoms with Crippen LogP contribution in [0.1, 0.15) is 23.2 Å².